The van der Waals surface area contributed by atoms with Crippen LogP contribution in [0, 0.1) is 11.3 Å². The molecule has 1 atom stereocenters. The van der Waals surface area contributed by atoms with Crippen LogP contribution in [0.5, 0.6) is 0 Å². The fourth-order valence-electron chi connectivity index (χ4n) is 1.70. The second-order valence-electron chi connectivity index (χ2n) is 4.92. The Morgan fingerprint density at radius 2 is 1.83 bits per heavy atom. The smallest absolute Gasteiger partial charge is 0.241 e. The van der Waals surface area contributed by atoms with Gasteiger partial charge in [-0.2, -0.15) is 9.98 Å². The molecule has 132 valence electrons. The van der Waals surface area contributed by atoms with E-state index in [4.69, 9.17) is 16.9 Å². The number of nitrogens with one attached hydrogen (secondary N) is 2. The Labute approximate surface area is 145 Å². The summed E-state index contributed by atoms with van der Waals surface area (Å²) in [6, 6.07) is 5.47. The summed E-state index contributed by atoms with van der Waals surface area (Å²) < 4.78 is 49.6. The van der Waals surface area contributed by atoms with Crippen LogP contribution >= 0.6 is 11.6 Å². The van der Waals surface area contributed by atoms with Crippen molar-refractivity contribution in [1.82, 2.24) is 10.0 Å². The number of carbonyl (C=O) groups excluding carboxylic acids is 1. The monoisotopic (exact) mass is 393 g/mol. The van der Waals surface area contributed by atoms with E-state index in [2.05, 4.69) is 10.0 Å². The highest BCUT2D eigenvalue weighted by Crippen LogP contribution is 2.14. The minimum Gasteiger partial charge on any atom is -0.354 e. The van der Waals surface area contributed by atoms with Gasteiger partial charge in [0.1, 0.15) is 15.9 Å². The summed E-state index contributed by atoms with van der Waals surface area (Å²) >= 11 is 5.69. The van der Waals surface area contributed by atoms with Gasteiger partial charge >= 0.3 is 0 Å². The lowest BCUT2D eigenvalue weighted by molar-refractivity contribution is -0.122. The van der Waals surface area contributed by atoms with Crippen LogP contribution in [0.2, 0.25) is 5.02 Å². The topological polar surface area (TPSA) is 133 Å². The molecule has 0 radical (unpaired) electrons. The molecule has 0 bridgehead atoms. The highest BCUT2D eigenvalue weighted by Gasteiger charge is 2.28. The maximum atomic E-state index is 12.3. The van der Waals surface area contributed by atoms with E-state index in [0.29, 0.717) is 5.02 Å². The summed E-state index contributed by atoms with van der Waals surface area (Å²) in [6.45, 7) is -0.0156. The van der Waals surface area contributed by atoms with E-state index in [1.165, 1.54) is 24.3 Å². The Kier molecular flexibility index (Phi) is 7.16. The minimum absolute atomic E-state index is 0.0151. The summed E-state index contributed by atoms with van der Waals surface area (Å²) in [5, 5.41) is 11.1. The van der Waals surface area contributed by atoms with Gasteiger partial charge in [0.25, 0.3) is 0 Å². The number of benzene rings is 1. The first-order valence-corrected chi connectivity index (χ1v) is 10.6. The fraction of sp³-hybridized carbons (Fsp3) is 0.385. The quantitative estimate of drug-likeness (QED) is 0.600. The van der Waals surface area contributed by atoms with Gasteiger partial charge in [-0.15, -0.1) is 0 Å². The van der Waals surface area contributed by atoms with Crippen LogP contribution in [0.15, 0.2) is 29.2 Å². The van der Waals surface area contributed by atoms with Crippen molar-refractivity contribution in [2.45, 2.75) is 17.4 Å². The molecule has 0 aromatic heterocycles. The number of halogens is 1. The number of rotatable bonds is 8. The van der Waals surface area contributed by atoms with E-state index in [1.54, 1.807) is 6.07 Å². The maximum absolute atomic E-state index is 12.3. The van der Waals surface area contributed by atoms with Crippen molar-refractivity contribution >= 4 is 37.4 Å². The average molecular weight is 394 g/mol. The first kappa shape index (κ1) is 20.4. The van der Waals surface area contributed by atoms with E-state index in [-0.39, 0.29) is 17.9 Å². The molecule has 0 heterocycles. The molecule has 0 aliphatic rings. The Balaban J connectivity index is 3.00. The van der Waals surface area contributed by atoms with Gasteiger partial charge in [0.2, 0.25) is 15.9 Å². The summed E-state index contributed by atoms with van der Waals surface area (Å²) in [5.74, 6) is -1.54. The molecular formula is C13H16ClN3O5S2. The number of hydrogen-bond acceptors (Lipinski definition) is 6. The van der Waals surface area contributed by atoms with Crippen LogP contribution in [0.3, 0.4) is 0 Å². The second-order valence-corrected chi connectivity index (χ2v) is 9.25. The number of nitriles is 1. The summed E-state index contributed by atoms with van der Waals surface area (Å²) in [6.07, 6.45) is 0.903. The lowest BCUT2D eigenvalue weighted by Crippen LogP contribution is -2.50. The molecule has 1 aromatic carbocycles. The van der Waals surface area contributed by atoms with Crippen molar-refractivity contribution in [2.75, 3.05) is 18.6 Å². The van der Waals surface area contributed by atoms with Gasteiger partial charge in [0.05, 0.1) is 23.1 Å². The number of sulfone groups is 1. The number of amides is 1. The van der Waals surface area contributed by atoms with E-state index in [1.807, 2.05) is 0 Å². The molecule has 0 spiro atoms. The lowest BCUT2D eigenvalue weighted by Gasteiger charge is -2.17. The van der Waals surface area contributed by atoms with E-state index >= 15 is 0 Å². The third kappa shape index (κ3) is 6.84. The van der Waals surface area contributed by atoms with Gasteiger partial charge < -0.3 is 5.32 Å². The largest absolute Gasteiger partial charge is 0.354 e. The predicted molar refractivity (Wildman–Crippen MR) is 88.5 cm³/mol. The zero-order chi connectivity index (χ0) is 18.4. The highest BCUT2D eigenvalue weighted by molar-refractivity contribution is 7.91. The Bertz CT molecular complexity index is 829. The van der Waals surface area contributed by atoms with Crippen LogP contribution in [-0.2, 0) is 24.7 Å². The molecule has 1 aromatic rings. The molecule has 0 saturated carbocycles. The minimum atomic E-state index is -4.12. The third-order valence-electron chi connectivity index (χ3n) is 2.74. The van der Waals surface area contributed by atoms with Crippen LogP contribution in [-0.4, -0.2) is 47.3 Å². The standard InChI is InChI=1S/C13H16ClN3O5S2/c1-23(19,20)9-12(13(18)16-8-2-7-15)17-24(21,22)11-5-3-10(14)4-6-11/h3-6,12,17H,2,8-9H2,1H3,(H,16,18). The molecule has 24 heavy (non-hydrogen) atoms. The maximum Gasteiger partial charge on any atom is 0.241 e. The zero-order valence-electron chi connectivity index (χ0n) is 12.7. The van der Waals surface area contributed by atoms with Gasteiger partial charge in [-0.1, -0.05) is 11.6 Å². The number of carbonyl (C=O) groups is 1. The molecule has 11 heteroatoms. The van der Waals surface area contributed by atoms with Crippen molar-refractivity contribution in [3.8, 4) is 6.07 Å². The van der Waals surface area contributed by atoms with Crippen molar-refractivity contribution in [2.24, 2.45) is 0 Å². The molecule has 1 rings (SSSR count). The normalized spacial score (nSPS) is 13.0. The molecular weight excluding hydrogens is 378 g/mol. The second kappa shape index (κ2) is 8.43. The van der Waals surface area contributed by atoms with E-state index in [0.717, 1.165) is 6.26 Å². The van der Waals surface area contributed by atoms with Crippen molar-refractivity contribution in [3.63, 3.8) is 0 Å². The Hall–Kier alpha value is -1.67. The van der Waals surface area contributed by atoms with Gasteiger partial charge in [-0.25, -0.2) is 16.8 Å². The third-order valence-corrected chi connectivity index (χ3v) is 5.42. The predicted octanol–water partition coefficient (Wildman–Crippen LogP) is 0.0614. The van der Waals surface area contributed by atoms with Crippen LogP contribution in [0.4, 0.5) is 0 Å². The Morgan fingerprint density at radius 3 is 2.33 bits per heavy atom. The first-order valence-electron chi connectivity index (χ1n) is 6.65. The molecule has 1 amide bonds. The fourth-order valence-corrected chi connectivity index (χ4v) is 3.97. The van der Waals surface area contributed by atoms with Crippen molar-refractivity contribution < 1.29 is 21.6 Å². The van der Waals surface area contributed by atoms with Gasteiger partial charge in [0, 0.05) is 17.8 Å². The number of nitrogens with zero attached hydrogens (tertiary/aromatic N) is 1. The van der Waals surface area contributed by atoms with Crippen LogP contribution < -0.4 is 10.0 Å². The first-order chi connectivity index (χ1) is 11.0. The zero-order valence-corrected chi connectivity index (χ0v) is 15.1. The summed E-state index contributed by atoms with van der Waals surface area (Å²) in [5.41, 5.74) is 0. The average Bonchev–Trinajstić information content (AvgIpc) is 2.45. The molecule has 0 aliphatic heterocycles. The van der Waals surface area contributed by atoms with Crippen molar-refractivity contribution in [3.05, 3.63) is 29.3 Å². The van der Waals surface area contributed by atoms with E-state index < -0.39 is 37.6 Å². The molecule has 0 saturated heterocycles. The van der Waals surface area contributed by atoms with Gasteiger partial charge in [-0.05, 0) is 24.3 Å². The Morgan fingerprint density at radius 1 is 1.25 bits per heavy atom. The highest BCUT2D eigenvalue weighted by atomic mass is 35.5. The van der Waals surface area contributed by atoms with E-state index in [9.17, 15) is 21.6 Å². The van der Waals surface area contributed by atoms with Gasteiger partial charge in [-0.3, -0.25) is 4.79 Å². The summed E-state index contributed by atoms with van der Waals surface area (Å²) in [7, 11) is -7.76. The van der Waals surface area contributed by atoms with Crippen LogP contribution in [0.25, 0.3) is 0 Å². The molecule has 1 unspecified atom stereocenters. The van der Waals surface area contributed by atoms with Crippen LogP contribution in [0.1, 0.15) is 6.42 Å². The molecule has 0 fully saturated rings. The number of hydrogen-bond donors (Lipinski definition) is 2. The number of sulfonamides is 1. The lowest BCUT2D eigenvalue weighted by atomic mass is 10.3. The molecule has 2 N–H and O–H groups in total. The van der Waals surface area contributed by atoms with Gasteiger partial charge in [0.15, 0.2) is 0 Å². The summed E-state index contributed by atoms with van der Waals surface area (Å²) in [4.78, 5) is 11.9. The molecule has 0 aliphatic carbocycles. The SMILES string of the molecule is CS(=O)(=O)CC(NS(=O)(=O)c1ccc(Cl)cc1)C(=O)NCCC#N. The molecule has 8 nitrogen and oxygen atoms in total. The van der Waals surface area contributed by atoms with Crippen molar-refractivity contribution in [1.29, 1.82) is 5.26 Å².